The van der Waals surface area contributed by atoms with Crippen LogP contribution < -0.4 is 15.4 Å². The van der Waals surface area contributed by atoms with Crippen molar-refractivity contribution in [3.05, 3.63) is 60.2 Å². The molecule has 2 N–H and O–H groups in total. The molecule has 130 valence electrons. The SMILES string of the molecule is CC[C@@H](Oc1ccccc1)C(=O)Nc1cccc(C(=O)NC2CC2)c1. The van der Waals surface area contributed by atoms with Gasteiger partial charge >= 0.3 is 0 Å². The Kier molecular flexibility index (Phi) is 5.33. The summed E-state index contributed by atoms with van der Waals surface area (Å²) in [5.41, 5.74) is 1.13. The fourth-order valence-corrected chi connectivity index (χ4v) is 2.44. The van der Waals surface area contributed by atoms with Gasteiger partial charge in [0.2, 0.25) is 0 Å². The summed E-state index contributed by atoms with van der Waals surface area (Å²) in [5.74, 6) is 0.319. The van der Waals surface area contributed by atoms with Crippen molar-refractivity contribution in [1.82, 2.24) is 5.32 Å². The fourth-order valence-electron chi connectivity index (χ4n) is 2.44. The molecule has 0 spiro atoms. The van der Waals surface area contributed by atoms with Crippen LogP contribution in [0.15, 0.2) is 54.6 Å². The van der Waals surface area contributed by atoms with E-state index in [0.29, 0.717) is 29.5 Å². The number of nitrogens with one attached hydrogen (secondary N) is 2. The molecule has 0 unspecified atom stereocenters. The van der Waals surface area contributed by atoms with Gasteiger partial charge in [0.05, 0.1) is 0 Å². The second-order valence-corrected chi connectivity index (χ2v) is 6.15. The highest BCUT2D eigenvalue weighted by Crippen LogP contribution is 2.20. The third-order valence-electron chi connectivity index (χ3n) is 3.99. The first kappa shape index (κ1) is 17.0. The Bertz CT molecular complexity index is 742. The number of carbonyl (C=O) groups is 2. The molecule has 0 radical (unpaired) electrons. The summed E-state index contributed by atoms with van der Waals surface area (Å²) in [6.07, 6.45) is 2.03. The summed E-state index contributed by atoms with van der Waals surface area (Å²) in [7, 11) is 0. The Morgan fingerprint density at radius 2 is 1.88 bits per heavy atom. The molecule has 0 aliphatic heterocycles. The second kappa shape index (κ2) is 7.83. The minimum Gasteiger partial charge on any atom is -0.481 e. The molecule has 2 amide bonds. The van der Waals surface area contributed by atoms with Crippen molar-refractivity contribution in [3.63, 3.8) is 0 Å². The van der Waals surface area contributed by atoms with Crippen molar-refractivity contribution in [2.24, 2.45) is 0 Å². The lowest BCUT2D eigenvalue weighted by atomic mass is 10.1. The van der Waals surface area contributed by atoms with E-state index in [1.807, 2.05) is 37.3 Å². The van der Waals surface area contributed by atoms with Crippen LogP contribution >= 0.6 is 0 Å². The van der Waals surface area contributed by atoms with Crippen LogP contribution in [0, 0.1) is 0 Å². The number of hydrogen-bond acceptors (Lipinski definition) is 3. The van der Waals surface area contributed by atoms with Crippen molar-refractivity contribution in [3.8, 4) is 5.75 Å². The Hall–Kier alpha value is -2.82. The highest BCUT2D eigenvalue weighted by Gasteiger charge is 2.24. The Labute approximate surface area is 147 Å². The van der Waals surface area contributed by atoms with Crippen molar-refractivity contribution in [2.75, 3.05) is 5.32 Å². The number of benzene rings is 2. The smallest absolute Gasteiger partial charge is 0.265 e. The zero-order valence-corrected chi connectivity index (χ0v) is 14.2. The molecule has 0 aromatic heterocycles. The van der Waals surface area contributed by atoms with Gasteiger partial charge in [0.25, 0.3) is 11.8 Å². The number of ether oxygens (including phenoxy) is 1. The summed E-state index contributed by atoms with van der Waals surface area (Å²) in [5, 5.41) is 5.77. The molecule has 5 nitrogen and oxygen atoms in total. The average molecular weight is 338 g/mol. The van der Waals surface area contributed by atoms with Gasteiger partial charge in [-0.3, -0.25) is 9.59 Å². The first-order valence-electron chi connectivity index (χ1n) is 8.59. The van der Waals surface area contributed by atoms with Crippen LogP contribution in [-0.2, 0) is 4.79 Å². The normalized spacial score (nSPS) is 14.4. The molecule has 1 atom stereocenters. The van der Waals surface area contributed by atoms with E-state index in [2.05, 4.69) is 10.6 Å². The van der Waals surface area contributed by atoms with Crippen LogP contribution in [0.4, 0.5) is 5.69 Å². The lowest BCUT2D eigenvalue weighted by Gasteiger charge is -2.17. The summed E-state index contributed by atoms with van der Waals surface area (Å²) < 4.78 is 5.74. The molecule has 2 aromatic carbocycles. The predicted octanol–water partition coefficient (Wildman–Crippen LogP) is 3.37. The molecule has 3 rings (SSSR count). The van der Waals surface area contributed by atoms with E-state index in [-0.39, 0.29) is 11.8 Å². The number of amides is 2. The van der Waals surface area contributed by atoms with Gasteiger partial charge in [0.15, 0.2) is 6.10 Å². The summed E-state index contributed by atoms with van der Waals surface area (Å²) in [4.78, 5) is 24.6. The number of para-hydroxylation sites is 1. The van der Waals surface area contributed by atoms with Crippen LogP contribution in [0.3, 0.4) is 0 Å². The highest BCUT2D eigenvalue weighted by atomic mass is 16.5. The molecule has 1 aliphatic rings. The van der Waals surface area contributed by atoms with Gasteiger partial charge in [-0.25, -0.2) is 0 Å². The maximum absolute atomic E-state index is 12.5. The molecule has 0 saturated heterocycles. The van der Waals surface area contributed by atoms with E-state index in [4.69, 9.17) is 4.74 Å². The van der Waals surface area contributed by atoms with Gasteiger partial charge in [-0.2, -0.15) is 0 Å². The van der Waals surface area contributed by atoms with Gasteiger partial charge in [-0.05, 0) is 49.6 Å². The lowest BCUT2D eigenvalue weighted by molar-refractivity contribution is -0.122. The molecule has 25 heavy (non-hydrogen) atoms. The Morgan fingerprint density at radius 1 is 1.12 bits per heavy atom. The minimum atomic E-state index is -0.591. The molecule has 1 fully saturated rings. The average Bonchev–Trinajstić information content (AvgIpc) is 3.44. The topological polar surface area (TPSA) is 67.4 Å². The van der Waals surface area contributed by atoms with Gasteiger partial charge in [0.1, 0.15) is 5.75 Å². The Morgan fingerprint density at radius 3 is 2.56 bits per heavy atom. The molecule has 2 aromatic rings. The first-order chi connectivity index (χ1) is 12.2. The van der Waals surface area contributed by atoms with Crippen molar-refractivity contribution in [2.45, 2.75) is 38.3 Å². The summed E-state index contributed by atoms with van der Waals surface area (Å²) in [6.45, 7) is 1.90. The number of anilines is 1. The number of rotatable bonds is 7. The minimum absolute atomic E-state index is 0.105. The van der Waals surface area contributed by atoms with E-state index in [1.54, 1.807) is 24.3 Å². The van der Waals surface area contributed by atoms with E-state index in [0.717, 1.165) is 12.8 Å². The molecule has 1 saturated carbocycles. The van der Waals surface area contributed by atoms with Gasteiger partial charge in [-0.15, -0.1) is 0 Å². The third kappa shape index (κ3) is 4.83. The lowest BCUT2D eigenvalue weighted by Crippen LogP contribution is -2.32. The van der Waals surface area contributed by atoms with Crippen molar-refractivity contribution in [1.29, 1.82) is 0 Å². The van der Waals surface area contributed by atoms with Crippen LogP contribution in [-0.4, -0.2) is 24.0 Å². The highest BCUT2D eigenvalue weighted by molar-refractivity contribution is 5.98. The fraction of sp³-hybridized carbons (Fsp3) is 0.300. The zero-order chi connectivity index (χ0) is 17.6. The first-order valence-corrected chi connectivity index (χ1v) is 8.59. The van der Waals surface area contributed by atoms with Crippen molar-refractivity contribution >= 4 is 17.5 Å². The molecule has 0 bridgehead atoms. The van der Waals surface area contributed by atoms with E-state index in [9.17, 15) is 9.59 Å². The maximum Gasteiger partial charge on any atom is 0.265 e. The third-order valence-corrected chi connectivity index (χ3v) is 3.99. The summed E-state index contributed by atoms with van der Waals surface area (Å²) in [6, 6.07) is 16.5. The molecular weight excluding hydrogens is 316 g/mol. The van der Waals surface area contributed by atoms with Gasteiger partial charge in [0, 0.05) is 17.3 Å². The molecule has 5 heteroatoms. The second-order valence-electron chi connectivity index (χ2n) is 6.15. The quantitative estimate of drug-likeness (QED) is 0.813. The molecule has 0 heterocycles. The van der Waals surface area contributed by atoms with Crippen LogP contribution in [0.25, 0.3) is 0 Å². The number of carbonyl (C=O) groups excluding carboxylic acids is 2. The van der Waals surface area contributed by atoms with Gasteiger partial charge in [-0.1, -0.05) is 31.2 Å². The van der Waals surface area contributed by atoms with Crippen LogP contribution in [0.1, 0.15) is 36.5 Å². The summed E-state index contributed by atoms with van der Waals surface area (Å²) >= 11 is 0. The van der Waals surface area contributed by atoms with Gasteiger partial charge < -0.3 is 15.4 Å². The van der Waals surface area contributed by atoms with Crippen LogP contribution in [0.5, 0.6) is 5.75 Å². The monoisotopic (exact) mass is 338 g/mol. The largest absolute Gasteiger partial charge is 0.481 e. The molecular formula is C20H22N2O3. The Balaban J connectivity index is 1.63. The number of hydrogen-bond donors (Lipinski definition) is 2. The predicted molar refractivity (Wildman–Crippen MR) is 96.7 cm³/mol. The molecule has 1 aliphatic carbocycles. The van der Waals surface area contributed by atoms with E-state index < -0.39 is 6.10 Å². The standard InChI is InChI=1S/C20H22N2O3/c1-2-18(25-17-9-4-3-5-10-17)20(24)22-16-8-6-7-14(13-16)19(23)21-15-11-12-15/h3-10,13,15,18H,2,11-12H2,1H3,(H,21,23)(H,22,24)/t18-/m1/s1. The van der Waals surface area contributed by atoms with Crippen molar-refractivity contribution < 1.29 is 14.3 Å². The van der Waals surface area contributed by atoms with E-state index >= 15 is 0 Å². The van der Waals surface area contributed by atoms with Crippen LogP contribution in [0.2, 0.25) is 0 Å². The maximum atomic E-state index is 12.5. The van der Waals surface area contributed by atoms with E-state index in [1.165, 1.54) is 0 Å². The zero-order valence-electron chi connectivity index (χ0n) is 14.2.